The van der Waals surface area contributed by atoms with Crippen molar-refractivity contribution in [2.45, 2.75) is 50.8 Å². The van der Waals surface area contributed by atoms with E-state index in [1.54, 1.807) is 26.8 Å². The van der Waals surface area contributed by atoms with Crippen molar-refractivity contribution in [3.05, 3.63) is 47.6 Å². The van der Waals surface area contributed by atoms with Gasteiger partial charge in [-0.05, 0) is 31.9 Å². The smallest absolute Gasteiger partial charge is 0.334 e. The summed E-state index contributed by atoms with van der Waals surface area (Å²) in [7, 11) is 0. The Kier molecular flexibility index (Phi) is 4.66. The minimum Gasteiger partial charge on any atom is -0.455 e. The summed E-state index contributed by atoms with van der Waals surface area (Å²) < 4.78 is 10.9. The SMILES string of the molecule is C=C1C(=O)OC2C1C(OC(=O)C(C)=CC)C(O)C(=C)C1C(O)C=C(C)C21O. The van der Waals surface area contributed by atoms with Gasteiger partial charge in [0.1, 0.15) is 23.9 Å². The molecule has 146 valence electrons. The topological polar surface area (TPSA) is 113 Å². The van der Waals surface area contributed by atoms with Crippen LogP contribution in [0, 0.1) is 11.8 Å². The molecule has 7 heteroatoms. The first-order valence-corrected chi connectivity index (χ1v) is 8.75. The summed E-state index contributed by atoms with van der Waals surface area (Å²) in [5.41, 5.74) is -0.978. The Bertz CT molecular complexity index is 792. The van der Waals surface area contributed by atoms with Crippen LogP contribution < -0.4 is 0 Å². The van der Waals surface area contributed by atoms with Gasteiger partial charge in [0, 0.05) is 17.1 Å². The summed E-state index contributed by atoms with van der Waals surface area (Å²) >= 11 is 0. The third-order valence-corrected chi connectivity index (χ3v) is 5.97. The zero-order valence-electron chi connectivity index (χ0n) is 15.5. The lowest BCUT2D eigenvalue weighted by Gasteiger charge is -2.37. The minimum absolute atomic E-state index is 0.00829. The van der Waals surface area contributed by atoms with Gasteiger partial charge in [-0.2, -0.15) is 0 Å². The van der Waals surface area contributed by atoms with Crippen LogP contribution in [0.15, 0.2) is 47.6 Å². The van der Waals surface area contributed by atoms with E-state index in [0.717, 1.165) is 0 Å². The van der Waals surface area contributed by atoms with E-state index in [1.165, 1.54) is 6.08 Å². The van der Waals surface area contributed by atoms with Gasteiger partial charge in [-0.3, -0.25) is 0 Å². The first kappa shape index (κ1) is 19.5. The van der Waals surface area contributed by atoms with E-state index in [-0.39, 0.29) is 11.1 Å². The summed E-state index contributed by atoms with van der Waals surface area (Å²) in [6.45, 7) is 12.4. The Balaban J connectivity index is 2.13. The molecule has 0 spiro atoms. The van der Waals surface area contributed by atoms with E-state index < -0.39 is 53.8 Å². The highest BCUT2D eigenvalue weighted by molar-refractivity contribution is 5.92. The Morgan fingerprint density at radius 2 is 2.00 bits per heavy atom. The summed E-state index contributed by atoms with van der Waals surface area (Å²) in [5.74, 6) is -3.41. The van der Waals surface area contributed by atoms with E-state index in [2.05, 4.69) is 13.2 Å². The van der Waals surface area contributed by atoms with Crippen LogP contribution in [0.5, 0.6) is 0 Å². The monoisotopic (exact) mass is 376 g/mol. The number of esters is 2. The number of hydrogen-bond acceptors (Lipinski definition) is 7. The number of carbonyl (C=O) groups is 2. The molecule has 1 saturated carbocycles. The largest absolute Gasteiger partial charge is 0.455 e. The maximum absolute atomic E-state index is 12.3. The fraction of sp³-hybridized carbons (Fsp3) is 0.500. The predicted octanol–water partition coefficient (Wildman–Crippen LogP) is 0.561. The number of aliphatic hydroxyl groups is 3. The molecule has 27 heavy (non-hydrogen) atoms. The zero-order valence-corrected chi connectivity index (χ0v) is 15.5. The predicted molar refractivity (Wildman–Crippen MR) is 95.2 cm³/mol. The Hall–Kier alpha value is -2.22. The first-order valence-electron chi connectivity index (χ1n) is 8.75. The van der Waals surface area contributed by atoms with Gasteiger partial charge >= 0.3 is 11.9 Å². The molecule has 7 unspecified atom stereocenters. The van der Waals surface area contributed by atoms with Gasteiger partial charge < -0.3 is 24.8 Å². The van der Waals surface area contributed by atoms with Crippen molar-refractivity contribution >= 4 is 11.9 Å². The van der Waals surface area contributed by atoms with Crippen LogP contribution in [0.1, 0.15) is 20.8 Å². The second-order valence-corrected chi connectivity index (χ2v) is 7.38. The number of ether oxygens (including phenoxy) is 2. The molecule has 3 aliphatic rings. The van der Waals surface area contributed by atoms with Gasteiger partial charge in [0.05, 0.1) is 12.0 Å². The number of allylic oxidation sites excluding steroid dienone is 1. The van der Waals surface area contributed by atoms with Crippen LogP contribution in [-0.2, 0) is 19.1 Å². The van der Waals surface area contributed by atoms with Crippen molar-refractivity contribution in [2.75, 3.05) is 0 Å². The van der Waals surface area contributed by atoms with E-state index >= 15 is 0 Å². The van der Waals surface area contributed by atoms with Crippen molar-refractivity contribution in [3.8, 4) is 0 Å². The number of rotatable bonds is 2. The van der Waals surface area contributed by atoms with Gasteiger partial charge in [-0.25, -0.2) is 9.59 Å². The average Bonchev–Trinajstić information content (AvgIpc) is 3.02. The second kappa shape index (κ2) is 6.44. The average molecular weight is 376 g/mol. The van der Waals surface area contributed by atoms with Crippen molar-refractivity contribution in [1.29, 1.82) is 0 Å². The lowest BCUT2D eigenvalue weighted by Crippen LogP contribution is -2.52. The molecule has 1 aliphatic heterocycles. The Morgan fingerprint density at radius 1 is 1.37 bits per heavy atom. The van der Waals surface area contributed by atoms with Crippen LogP contribution >= 0.6 is 0 Å². The third kappa shape index (κ3) is 2.61. The lowest BCUT2D eigenvalue weighted by molar-refractivity contribution is -0.161. The fourth-order valence-electron chi connectivity index (χ4n) is 4.28. The first-order chi connectivity index (χ1) is 12.5. The fourth-order valence-corrected chi connectivity index (χ4v) is 4.28. The molecule has 7 nitrogen and oxygen atoms in total. The van der Waals surface area contributed by atoms with Gasteiger partial charge in [-0.1, -0.05) is 25.3 Å². The summed E-state index contributed by atoms with van der Waals surface area (Å²) in [4.78, 5) is 24.5. The van der Waals surface area contributed by atoms with Gasteiger partial charge in [0.2, 0.25) is 0 Å². The molecule has 2 fully saturated rings. The quantitative estimate of drug-likeness (QED) is 0.367. The number of fused-ring (bicyclic) bond motifs is 3. The molecule has 1 heterocycles. The molecule has 7 atom stereocenters. The molecule has 0 aromatic heterocycles. The summed E-state index contributed by atoms with van der Waals surface area (Å²) in [5, 5.41) is 32.8. The van der Waals surface area contributed by atoms with Crippen LogP contribution in [0.25, 0.3) is 0 Å². The molecule has 0 aromatic carbocycles. The number of aliphatic hydroxyl groups excluding tert-OH is 2. The lowest BCUT2D eigenvalue weighted by atomic mass is 9.75. The Labute approximate surface area is 157 Å². The van der Waals surface area contributed by atoms with Gasteiger partial charge in [0.25, 0.3) is 0 Å². The zero-order chi connectivity index (χ0) is 20.3. The highest BCUT2D eigenvalue weighted by Gasteiger charge is 2.66. The molecular weight excluding hydrogens is 352 g/mol. The summed E-state index contributed by atoms with van der Waals surface area (Å²) in [6, 6.07) is 0. The second-order valence-electron chi connectivity index (χ2n) is 7.38. The van der Waals surface area contributed by atoms with Crippen molar-refractivity contribution < 1.29 is 34.4 Å². The third-order valence-electron chi connectivity index (χ3n) is 5.97. The Morgan fingerprint density at radius 3 is 2.59 bits per heavy atom. The van der Waals surface area contributed by atoms with Crippen LogP contribution in [0.3, 0.4) is 0 Å². The highest BCUT2D eigenvalue weighted by Crippen LogP contribution is 2.53. The molecule has 0 amide bonds. The van der Waals surface area contributed by atoms with Crippen molar-refractivity contribution in [2.24, 2.45) is 11.8 Å². The minimum atomic E-state index is -1.78. The van der Waals surface area contributed by atoms with Crippen molar-refractivity contribution in [1.82, 2.24) is 0 Å². The standard InChI is InChI=1S/C20H24O7/c1-6-8(2)18(23)26-16-13-10(4)19(24)27-17(13)20(25)9(3)7-12(21)14(20)11(5)15(16)22/h6-7,12-17,21-22,25H,4-5H2,1-3H3. The van der Waals surface area contributed by atoms with Gasteiger partial charge in [0.15, 0.2) is 0 Å². The molecule has 0 radical (unpaired) electrons. The maximum Gasteiger partial charge on any atom is 0.334 e. The molecule has 0 bridgehead atoms. The molecule has 2 aliphatic carbocycles. The van der Waals surface area contributed by atoms with Gasteiger partial charge in [-0.15, -0.1) is 0 Å². The van der Waals surface area contributed by atoms with Crippen LogP contribution in [0.4, 0.5) is 0 Å². The molecule has 1 saturated heterocycles. The molecule has 0 aromatic rings. The highest BCUT2D eigenvalue weighted by atomic mass is 16.6. The maximum atomic E-state index is 12.3. The number of carbonyl (C=O) groups excluding carboxylic acids is 2. The van der Waals surface area contributed by atoms with E-state index in [0.29, 0.717) is 11.1 Å². The molecule has 3 N–H and O–H groups in total. The number of hydrogen-bond donors (Lipinski definition) is 3. The summed E-state index contributed by atoms with van der Waals surface area (Å²) in [6.07, 6.45) is -1.96. The van der Waals surface area contributed by atoms with Crippen LogP contribution in [-0.4, -0.2) is 57.3 Å². The van der Waals surface area contributed by atoms with E-state index in [9.17, 15) is 24.9 Å². The van der Waals surface area contributed by atoms with E-state index in [1.807, 2.05) is 0 Å². The van der Waals surface area contributed by atoms with Crippen LogP contribution in [0.2, 0.25) is 0 Å². The normalized spacial score (nSPS) is 41.5. The van der Waals surface area contributed by atoms with E-state index in [4.69, 9.17) is 9.47 Å². The van der Waals surface area contributed by atoms with Crippen molar-refractivity contribution in [3.63, 3.8) is 0 Å². The molecule has 3 rings (SSSR count). The molecular formula is C20H24O7.